The second-order valence-corrected chi connectivity index (χ2v) is 18.3. The molecule has 66 heavy (non-hydrogen) atoms. The van der Waals surface area contributed by atoms with E-state index in [4.69, 9.17) is 47.4 Å². The summed E-state index contributed by atoms with van der Waals surface area (Å²) in [5.74, 6) is 1.10. The zero-order chi connectivity index (χ0) is 47.0. The van der Waals surface area contributed by atoms with Crippen LogP contribution in [-0.2, 0) is 50.8 Å². The van der Waals surface area contributed by atoms with Gasteiger partial charge >= 0.3 is 14.2 Å². The molecule has 0 radical (unpaired) electrons. The van der Waals surface area contributed by atoms with E-state index in [-0.39, 0.29) is 56.4 Å². The molecule has 0 saturated carbocycles. The van der Waals surface area contributed by atoms with Gasteiger partial charge in [-0.25, -0.2) is 0 Å². The Bertz CT molecular complexity index is 1810. The van der Waals surface area contributed by atoms with Crippen molar-refractivity contribution in [2.45, 2.75) is 137 Å². The Hall–Kier alpha value is -3.75. The number of aliphatic hydroxyl groups is 1. The van der Waals surface area contributed by atoms with Gasteiger partial charge in [0.25, 0.3) is 0 Å². The topological polar surface area (TPSA) is 124 Å². The largest absolute Gasteiger partial charge is 0.508 e. The molecule has 0 amide bonds. The van der Waals surface area contributed by atoms with Crippen molar-refractivity contribution in [2.75, 3.05) is 52.9 Å². The van der Waals surface area contributed by atoms with Crippen LogP contribution in [0.25, 0.3) is 0 Å². The summed E-state index contributed by atoms with van der Waals surface area (Å²) in [6, 6.07) is 35.3. The average Bonchev–Trinajstić information content (AvgIpc) is 3.65. The van der Waals surface area contributed by atoms with Crippen molar-refractivity contribution in [3.05, 3.63) is 120 Å². The molecule has 0 unspecified atom stereocenters. The van der Waals surface area contributed by atoms with E-state index >= 15 is 0 Å². The zero-order valence-electron chi connectivity index (χ0n) is 40.4. The lowest BCUT2D eigenvalue weighted by molar-refractivity contribution is 0.00578. The Kier molecular flexibility index (Phi) is 25.0. The second-order valence-electron chi connectivity index (χ2n) is 18.3. The summed E-state index contributed by atoms with van der Waals surface area (Å²) in [5, 5.41) is 17.8. The molecule has 2 saturated heterocycles. The van der Waals surface area contributed by atoms with Gasteiger partial charge in [-0.2, -0.15) is 0 Å². The first-order chi connectivity index (χ1) is 31.1. The third-order valence-corrected chi connectivity index (χ3v) is 11.9. The van der Waals surface area contributed by atoms with Crippen LogP contribution in [0.4, 0.5) is 0 Å². The van der Waals surface area contributed by atoms with Crippen molar-refractivity contribution >= 4 is 25.2 Å². The van der Waals surface area contributed by atoms with E-state index in [1.54, 1.807) is 12.1 Å². The Morgan fingerprint density at radius 1 is 0.424 bits per heavy atom. The van der Waals surface area contributed by atoms with Crippen molar-refractivity contribution in [3.8, 4) is 11.5 Å². The maximum absolute atomic E-state index is 9.22. The highest BCUT2D eigenvalue weighted by atomic mass is 16.7. The molecular formula is C53H80B2O11. The molecule has 4 aromatic carbocycles. The number of phenols is 1. The molecular weight excluding hydrogens is 834 g/mol. The molecule has 2 heterocycles. The van der Waals surface area contributed by atoms with Gasteiger partial charge in [-0.15, -0.1) is 0 Å². The number of unbranched alkanes of at least 4 members (excludes halogenated alkanes) is 2. The Balaban J connectivity index is 0.000000287. The molecule has 0 aromatic heterocycles. The van der Waals surface area contributed by atoms with Gasteiger partial charge in [0, 0.05) is 52.7 Å². The predicted octanol–water partition coefficient (Wildman–Crippen LogP) is 9.48. The third-order valence-electron chi connectivity index (χ3n) is 11.9. The Morgan fingerprint density at radius 2 is 0.773 bits per heavy atom. The van der Waals surface area contributed by atoms with E-state index in [0.29, 0.717) is 33.0 Å². The van der Waals surface area contributed by atoms with E-state index in [2.05, 4.69) is 52.0 Å². The van der Waals surface area contributed by atoms with Gasteiger partial charge in [0.05, 0.1) is 42.2 Å². The molecule has 11 nitrogen and oxygen atoms in total. The second kappa shape index (κ2) is 29.2. The minimum atomic E-state index is -0.356. The highest BCUT2D eigenvalue weighted by Gasteiger charge is 2.52. The lowest BCUT2D eigenvalue weighted by atomic mass is 9.79. The van der Waals surface area contributed by atoms with Crippen LogP contribution in [0.2, 0.25) is 0 Å². The van der Waals surface area contributed by atoms with E-state index in [1.165, 1.54) is 11.1 Å². The van der Waals surface area contributed by atoms with Crippen LogP contribution in [0.5, 0.6) is 11.5 Å². The van der Waals surface area contributed by atoms with E-state index in [0.717, 1.165) is 81.6 Å². The molecule has 13 heteroatoms. The lowest BCUT2D eigenvalue weighted by Crippen LogP contribution is -2.41. The molecule has 2 fully saturated rings. The molecule has 364 valence electrons. The quantitative estimate of drug-likeness (QED) is 0.0516. The maximum atomic E-state index is 9.22. The first-order valence-electron chi connectivity index (χ1n) is 23.3. The van der Waals surface area contributed by atoms with Crippen LogP contribution in [0.1, 0.15) is 112 Å². The normalized spacial score (nSPS) is 16.4. The summed E-state index contributed by atoms with van der Waals surface area (Å²) in [6.45, 7) is 23.0. The van der Waals surface area contributed by atoms with Gasteiger partial charge in [-0.05, 0) is 134 Å². The summed E-state index contributed by atoms with van der Waals surface area (Å²) in [4.78, 5) is 0. The SMILES string of the molecule is C.CC1(C)OB(c2ccc(O)cc2)OC1(C)C.CC1(C)OB(c2ccc(OCCCOCCCCOCc3ccccc3)cc2)OC1(C)C.OCCCOCCCCOCc1ccccc1. The number of hydrogen-bond donors (Lipinski definition) is 2. The number of phenolic OH excluding ortho intramolecular Hbond substituents is 1. The van der Waals surface area contributed by atoms with Crippen LogP contribution >= 0.6 is 0 Å². The summed E-state index contributed by atoms with van der Waals surface area (Å²) >= 11 is 0. The molecule has 2 aliphatic rings. The first kappa shape index (κ1) is 56.6. The van der Waals surface area contributed by atoms with E-state index in [9.17, 15) is 5.11 Å². The molecule has 0 bridgehead atoms. The van der Waals surface area contributed by atoms with Crippen LogP contribution in [0, 0.1) is 0 Å². The number of aliphatic hydroxyl groups excluding tert-OH is 1. The fourth-order valence-corrected chi connectivity index (χ4v) is 6.38. The number of hydrogen-bond acceptors (Lipinski definition) is 11. The van der Waals surface area contributed by atoms with Gasteiger partial charge in [-0.3, -0.25) is 0 Å². The molecule has 0 atom stereocenters. The molecule has 0 aliphatic carbocycles. The third kappa shape index (κ3) is 19.8. The number of rotatable bonds is 24. The minimum absolute atomic E-state index is 0. The molecule has 4 aromatic rings. The summed E-state index contributed by atoms with van der Waals surface area (Å²) in [7, 11) is -0.697. The summed E-state index contributed by atoms with van der Waals surface area (Å²) < 4.78 is 52.0. The fourth-order valence-electron chi connectivity index (χ4n) is 6.38. The Labute approximate surface area is 398 Å². The van der Waals surface area contributed by atoms with Gasteiger partial charge < -0.3 is 52.5 Å². The summed E-state index contributed by atoms with van der Waals surface area (Å²) in [6.07, 6.45) is 5.65. The molecule has 2 N–H and O–H groups in total. The molecule has 2 aliphatic heterocycles. The van der Waals surface area contributed by atoms with Crippen LogP contribution in [0.15, 0.2) is 109 Å². The van der Waals surface area contributed by atoms with Crippen molar-refractivity contribution in [1.29, 1.82) is 0 Å². The van der Waals surface area contributed by atoms with Crippen molar-refractivity contribution in [2.24, 2.45) is 0 Å². The van der Waals surface area contributed by atoms with Crippen molar-refractivity contribution in [3.63, 3.8) is 0 Å². The minimum Gasteiger partial charge on any atom is -0.508 e. The van der Waals surface area contributed by atoms with Gasteiger partial charge in [0.1, 0.15) is 11.5 Å². The predicted molar refractivity (Wildman–Crippen MR) is 267 cm³/mol. The zero-order valence-corrected chi connectivity index (χ0v) is 40.4. The maximum Gasteiger partial charge on any atom is 0.494 e. The first-order valence-corrected chi connectivity index (χ1v) is 23.3. The van der Waals surface area contributed by atoms with Crippen molar-refractivity contribution < 1.29 is 52.5 Å². The standard InChI is InChI=1S/C26H37BO5.C14H22O3.C12H17BO3.CH4/c1-25(2)26(3,4)32-27(31-25)23-13-15-24(16-14-23)30-20-10-19-28-17-8-9-18-29-21-22-11-6-5-7-12-22;15-9-6-12-16-10-4-5-11-17-13-14-7-2-1-3-8-14;1-11(2)12(3,4)16-13(15-11)9-5-7-10(14)8-6-9;/h5-7,11-16H,8-10,17-21H2,1-4H3;1-3,7-8,15H,4-6,9-13H2;5-8,14H,1-4H3;1H4. The van der Waals surface area contributed by atoms with Gasteiger partial charge in [-0.1, -0.05) is 92.4 Å². The summed E-state index contributed by atoms with van der Waals surface area (Å²) in [5.41, 5.74) is 3.05. The number of aromatic hydroxyl groups is 1. The van der Waals surface area contributed by atoms with Gasteiger partial charge in [0.2, 0.25) is 0 Å². The number of ether oxygens (including phenoxy) is 5. The Morgan fingerprint density at radius 3 is 1.17 bits per heavy atom. The highest BCUT2D eigenvalue weighted by Crippen LogP contribution is 2.37. The van der Waals surface area contributed by atoms with Gasteiger partial charge in [0.15, 0.2) is 0 Å². The molecule has 6 rings (SSSR count). The monoisotopic (exact) mass is 915 g/mol. The lowest BCUT2D eigenvalue weighted by Gasteiger charge is -2.32. The smallest absolute Gasteiger partial charge is 0.494 e. The van der Waals surface area contributed by atoms with E-state index in [1.807, 2.05) is 100 Å². The van der Waals surface area contributed by atoms with Crippen LogP contribution < -0.4 is 15.7 Å². The van der Waals surface area contributed by atoms with Crippen molar-refractivity contribution in [1.82, 2.24) is 0 Å². The fraction of sp³-hybridized carbons (Fsp3) is 0.547. The average molecular weight is 915 g/mol. The number of benzene rings is 4. The molecule has 0 spiro atoms. The highest BCUT2D eigenvalue weighted by molar-refractivity contribution is 6.62. The van der Waals surface area contributed by atoms with Crippen LogP contribution in [0.3, 0.4) is 0 Å². The van der Waals surface area contributed by atoms with E-state index < -0.39 is 0 Å². The van der Waals surface area contributed by atoms with Crippen LogP contribution in [-0.4, -0.2) is 99.7 Å².